The molecule has 1 amide bonds. The number of benzene rings is 1. The summed E-state index contributed by atoms with van der Waals surface area (Å²) in [5.41, 5.74) is 2.44. The van der Waals surface area contributed by atoms with Crippen molar-refractivity contribution < 1.29 is 19.1 Å². The van der Waals surface area contributed by atoms with Crippen LogP contribution < -0.4 is 10.1 Å². The van der Waals surface area contributed by atoms with Crippen molar-refractivity contribution in [2.75, 3.05) is 26.1 Å². The summed E-state index contributed by atoms with van der Waals surface area (Å²) in [7, 11) is 3.00. The van der Waals surface area contributed by atoms with Crippen LogP contribution in [0.2, 0.25) is 0 Å². The highest BCUT2D eigenvalue weighted by Gasteiger charge is 2.31. The molecule has 6 nitrogen and oxygen atoms in total. The van der Waals surface area contributed by atoms with E-state index in [1.54, 1.807) is 7.11 Å². The number of ether oxygens (including phenoxy) is 2. The van der Waals surface area contributed by atoms with Gasteiger partial charge in [0.25, 0.3) is 0 Å². The number of hydrogen-bond acceptors (Lipinski definition) is 6. The van der Waals surface area contributed by atoms with Crippen molar-refractivity contribution in [3.63, 3.8) is 0 Å². The van der Waals surface area contributed by atoms with Crippen molar-refractivity contribution >= 4 is 28.2 Å². The predicted octanol–water partition coefficient (Wildman–Crippen LogP) is 3.76. The van der Waals surface area contributed by atoms with E-state index in [1.165, 1.54) is 18.4 Å². The minimum Gasteiger partial charge on any atom is -0.497 e. The fourth-order valence-corrected chi connectivity index (χ4v) is 4.20. The molecule has 0 saturated heterocycles. The summed E-state index contributed by atoms with van der Waals surface area (Å²) in [5.74, 6) is 0.277. The molecule has 0 bridgehead atoms. The zero-order valence-electron chi connectivity index (χ0n) is 16.7. The lowest BCUT2D eigenvalue weighted by atomic mass is 10.1. The number of nitrogens with one attached hydrogen (secondary N) is 1. The van der Waals surface area contributed by atoms with Crippen LogP contribution in [0.1, 0.15) is 39.2 Å². The standard InChI is InChI=1S/C21H26N2O4S/c1-13-14(2)28-20(19(13)21(25)27-4)22-18(24)12-23(16-7-8-16)11-15-5-9-17(26-3)10-6-15/h5-6,9-10,16H,7-8,11-12H2,1-4H3,(H,22,24). The van der Waals surface area contributed by atoms with E-state index in [2.05, 4.69) is 10.2 Å². The number of methoxy groups -OCH3 is 2. The number of thiophene rings is 1. The number of carbonyl (C=O) groups excluding carboxylic acids is 2. The minimum absolute atomic E-state index is 0.119. The summed E-state index contributed by atoms with van der Waals surface area (Å²) in [5, 5.41) is 3.48. The fraction of sp³-hybridized carbons (Fsp3) is 0.429. The van der Waals surface area contributed by atoms with Gasteiger partial charge in [-0.2, -0.15) is 0 Å². The zero-order chi connectivity index (χ0) is 20.3. The maximum absolute atomic E-state index is 12.7. The molecular formula is C21H26N2O4S. The molecule has 1 aromatic carbocycles. The molecule has 2 aromatic rings. The van der Waals surface area contributed by atoms with E-state index in [-0.39, 0.29) is 12.5 Å². The molecule has 1 aromatic heterocycles. The lowest BCUT2D eigenvalue weighted by Gasteiger charge is -2.21. The third-order valence-electron chi connectivity index (χ3n) is 4.98. The second-order valence-electron chi connectivity index (χ2n) is 7.01. The molecule has 1 heterocycles. The average molecular weight is 403 g/mol. The van der Waals surface area contributed by atoms with Crippen LogP contribution in [-0.4, -0.2) is 43.6 Å². The quantitative estimate of drug-likeness (QED) is 0.681. The molecule has 0 aliphatic heterocycles. The Kier molecular flexibility index (Phi) is 6.36. The number of anilines is 1. The second kappa shape index (κ2) is 8.75. The van der Waals surface area contributed by atoms with Crippen molar-refractivity contribution in [2.45, 2.75) is 39.3 Å². The maximum Gasteiger partial charge on any atom is 0.341 e. The van der Waals surface area contributed by atoms with Crippen molar-refractivity contribution in [3.05, 3.63) is 45.8 Å². The van der Waals surface area contributed by atoms with Crippen molar-refractivity contribution in [2.24, 2.45) is 0 Å². The van der Waals surface area contributed by atoms with Gasteiger partial charge in [0.1, 0.15) is 10.8 Å². The molecule has 3 rings (SSSR count). The molecule has 1 saturated carbocycles. The Morgan fingerprint density at radius 1 is 1.18 bits per heavy atom. The molecular weight excluding hydrogens is 376 g/mol. The van der Waals surface area contributed by atoms with Crippen LogP contribution in [0.15, 0.2) is 24.3 Å². The highest BCUT2D eigenvalue weighted by molar-refractivity contribution is 7.16. The summed E-state index contributed by atoms with van der Waals surface area (Å²) in [6.45, 7) is 4.79. The summed E-state index contributed by atoms with van der Waals surface area (Å²) >= 11 is 1.41. The number of aryl methyl sites for hydroxylation is 1. The largest absolute Gasteiger partial charge is 0.497 e. The first-order valence-corrected chi connectivity index (χ1v) is 10.1. The molecule has 0 atom stereocenters. The van der Waals surface area contributed by atoms with Gasteiger partial charge < -0.3 is 14.8 Å². The molecule has 28 heavy (non-hydrogen) atoms. The highest BCUT2D eigenvalue weighted by atomic mass is 32.1. The van der Waals surface area contributed by atoms with Gasteiger partial charge in [-0.3, -0.25) is 9.69 Å². The Balaban J connectivity index is 1.68. The third kappa shape index (κ3) is 4.72. The highest BCUT2D eigenvalue weighted by Crippen LogP contribution is 2.33. The van der Waals surface area contributed by atoms with Crippen molar-refractivity contribution in [3.8, 4) is 5.75 Å². The lowest BCUT2D eigenvalue weighted by Crippen LogP contribution is -2.34. The van der Waals surface area contributed by atoms with Gasteiger partial charge in [-0.05, 0) is 49.9 Å². The molecule has 0 radical (unpaired) electrons. The van der Waals surface area contributed by atoms with E-state index >= 15 is 0 Å². The van der Waals surface area contributed by atoms with E-state index in [0.29, 0.717) is 23.2 Å². The Morgan fingerprint density at radius 3 is 2.43 bits per heavy atom. The monoisotopic (exact) mass is 402 g/mol. The summed E-state index contributed by atoms with van der Waals surface area (Å²) < 4.78 is 10.1. The molecule has 7 heteroatoms. The van der Waals surface area contributed by atoms with Crippen LogP contribution in [0.25, 0.3) is 0 Å². The number of hydrogen-bond donors (Lipinski definition) is 1. The van der Waals surface area contributed by atoms with Gasteiger partial charge in [0.2, 0.25) is 5.91 Å². The number of nitrogens with zero attached hydrogens (tertiary/aromatic N) is 1. The molecule has 1 aliphatic rings. The predicted molar refractivity (Wildman–Crippen MR) is 110 cm³/mol. The Labute approximate surface area is 169 Å². The first kappa shape index (κ1) is 20.4. The van der Waals surface area contributed by atoms with Gasteiger partial charge in [-0.25, -0.2) is 4.79 Å². The number of esters is 1. The molecule has 150 valence electrons. The lowest BCUT2D eigenvalue weighted by molar-refractivity contribution is -0.117. The molecule has 0 spiro atoms. The molecule has 0 unspecified atom stereocenters. The van der Waals surface area contributed by atoms with Gasteiger partial charge >= 0.3 is 5.97 Å². The van der Waals surface area contributed by atoms with Crippen LogP contribution >= 0.6 is 11.3 Å². The van der Waals surface area contributed by atoms with Crippen LogP contribution in [0, 0.1) is 13.8 Å². The molecule has 1 N–H and O–H groups in total. The average Bonchev–Trinajstić information content (AvgIpc) is 3.49. The summed E-state index contributed by atoms with van der Waals surface area (Å²) in [4.78, 5) is 28.0. The van der Waals surface area contributed by atoms with Gasteiger partial charge in [-0.1, -0.05) is 12.1 Å². The van der Waals surface area contributed by atoms with Crippen LogP contribution in [-0.2, 0) is 16.1 Å². The SMILES string of the molecule is COC(=O)c1c(NC(=O)CN(Cc2ccc(OC)cc2)C2CC2)sc(C)c1C. The minimum atomic E-state index is -0.422. The number of rotatable bonds is 8. The van der Waals surface area contributed by atoms with Gasteiger partial charge in [0.15, 0.2) is 0 Å². The topological polar surface area (TPSA) is 67.9 Å². The van der Waals surface area contributed by atoms with E-state index in [9.17, 15) is 9.59 Å². The van der Waals surface area contributed by atoms with Gasteiger partial charge in [-0.15, -0.1) is 11.3 Å². The number of amides is 1. The smallest absolute Gasteiger partial charge is 0.341 e. The van der Waals surface area contributed by atoms with Crippen LogP contribution in [0.3, 0.4) is 0 Å². The van der Waals surface area contributed by atoms with Gasteiger partial charge in [0.05, 0.1) is 26.3 Å². The van der Waals surface area contributed by atoms with E-state index in [0.717, 1.165) is 34.6 Å². The first-order chi connectivity index (χ1) is 13.4. The van der Waals surface area contributed by atoms with Crippen LogP contribution in [0.4, 0.5) is 5.00 Å². The fourth-order valence-electron chi connectivity index (χ4n) is 3.13. The molecule has 1 fully saturated rings. The van der Waals surface area contributed by atoms with Crippen LogP contribution in [0.5, 0.6) is 5.75 Å². The maximum atomic E-state index is 12.7. The Hall–Kier alpha value is -2.38. The van der Waals surface area contributed by atoms with Gasteiger partial charge in [0, 0.05) is 17.5 Å². The Morgan fingerprint density at radius 2 is 1.86 bits per heavy atom. The van der Waals surface area contributed by atoms with Crippen molar-refractivity contribution in [1.82, 2.24) is 4.90 Å². The van der Waals surface area contributed by atoms with E-state index in [1.807, 2.05) is 38.1 Å². The van der Waals surface area contributed by atoms with E-state index in [4.69, 9.17) is 9.47 Å². The first-order valence-electron chi connectivity index (χ1n) is 9.28. The van der Waals surface area contributed by atoms with E-state index < -0.39 is 5.97 Å². The third-order valence-corrected chi connectivity index (χ3v) is 6.11. The van der Waals surface area contributed by atoms with Crippen molar-refractivity contribution in [1.29, 1.82) is 0 Å². The summed E-state index contributed by atoms with van der Waals surface area (Å²) in [6.07, 6.45) is 2.21. The Bertz CT molecular complexity index is 856. The summed E-state index contributed by atoms with van der Waals surface area (Å²) in [6, 6.07) is 8.33. The zero-order valence-corrected chi connectivity index (χ0v) is 17.5. The normalized spacial score (nSPS) is 13.5. The number of carbonyl (C=O) groups is 2. The molecule has 1 aliphatic carbocycles. The second-order valence-corrected chi connectivity index (χ2v) is 8.24.